The first-order valence-electron chi connectivity index (χ1n) is 20.3. The molecule has 0 aromatic heterocycles. The normalized spacial score (nSPS) is 14.5. The van der Waals surface area contributed by atoms with Gasteiger partial charge in [0.1, 0.15) is 17.2 Å². The van der Waals surface area contributed by atoms with Gasteiger partial charge in [0.05, 0.1) is 29.8 Å². The average Bonchev–Trinajstić information content (AvgIpc) is 3.75. The molecule has 0 spiro atoms. The zero-order valence-corrected chi connectivity index (χ0v) is 33.1. The molecule has 2 aliphatic carbocycles. The van der Waals surface area contributed by atoms with Gasteiger partial charge < -0.3 is 19.7 Å². The maximum Gasteiger partial charge on any atom is 0.119 e. The summed E-state index contributed by atoms with van der Waals surface area (Å²) in [5.41, 5.74) is 12.9. The predicted molar refractivity (Wildman–Crippen MR) is 239 cm³/mol. The van der Waals surface area contributed by atoms with Crippen LogP contribution in [0.1, 0.15) is 58.7 Å². The minimum absolute atomic E-state index is 0.239. The molecule has 0 heterocycles. The molecule has 0 saturated heterocycles. The number of unbranched alkanes of at least 4 members (excludes halogenated alkanes) is 1. The summed E-state index contributed by atoms with van der Waals surface area (Å²) >= 11 is 0. The van der Waals surface area contributed by atoms with Crippen molar-refractivity contribution in [3.8, 4) is 39.5 Å². The maximum absolute atomic E-state index is 10.2. The summed E-state index contributed by atoms with van der Waals surface area (Å²) in [6, 6.07) is 58.9. The Bertz CT molecular complexity index is 2610. The monoisotopic (exact) mass is 770 g/mol. The lowest BCUT2D eigenvalue weighted by Crippen LogP contribution is -2.29. The molecule has 59 heavy (non-hydrogen) atoms. The lowest BCUT2D eigenvalue weighted by molar-refractivity contribution is 0.266. The molecule has 0 bridgehead atoms. The van der Waals surface area contributed by atoms with Gasteiger partial charge in [0, 0.05) is 0 Å². The Morgan fingerprint density at radius 2 is 0.898 bits per heavy atom. The number of fused-ring (bicyclic) bond motifs is 6. The van der Waals surface area contributed by atoms with Gasteiger partial charge in [0.25, 0.3) is 0 Å². The summed E-state index contributed by atoms with van der Waals surface area (Å²) in [7, 11) is 0. The van der Waals surface area contributed by atoms with E-state index < -0.39 is 10.8 Å². The molecule has 9 rings (SSSR count). The van der Waals surface area contributed by atoms with E-state index >= 15 is 0 Å². The summed E-state index contributed by atoms with van der Waals surface area (Å²) in [6.07, 6.45) is 7.31. The molecule has 0 fully saturated rings. The highest BCUT2D eigenvalue weighted by atomic mass is 16.5. The molecule has 4 nitrogen and oxygen atoms in total. The van der Waals surface area contributed by atoms with Crippen molar-refractivity contribution < 1.29 is 19.7 Å². The second-order valence-electron chi connectivity index (χ2n) is 15.3. The highest BCUT2D eigenvalue weighted by molar-refractivity contribution is 5.87. The topological polar surface area (TPSA) is 58.9 Å². The van der Waals surface area contributed by atoms with Crippen molar-refractivity contribution in [2.24, 2.45) is 0 Å². The van der Waals surface area contributed by atoms with E-state index in [9.17, 15) is 10.2 Å². The van der Waals surface area contributed by atoms with E-state index in [0.717, 1.165) is 46.6 Å². The van der Waals surface area contributed by atoms with Crippen LogP contribution in [0.2, 0.25) is 0 Å². The number of hydrogen-bond donors (Lipinski definition) is 2. The average molecular weight is 771 g/mol. The number of rotatable bonds is 13. The third-order valence-electron chi connectivity index (χ3n) is 12.0. The molecule has 0 aliphatic heterocycles. The van der Waals surface area contributed by atoms with Crippen molar-refractivity contribution in [1.29, 1.82) is 0 Å². The smallest absolute Gasteiger partial charge is 0.119 e. The Kier molecular flexibility index (Phi) is 10.00. The SMILES string of the molecule is C=C/C(=C\C=C(/C)O)C1(c2ccc(OCCCCOc3ccc(C4(c5ccc(O)cc5)c5ccccc5-c5ccccc54)cc3)cc2)c2ccccc2-c2ccccc21. The van der Waals surface area contributed by atoms with Crippen LogP contribution in [0, 0.1) is 0 Å². The Morgan fingerprint density at radius 1 is 0.508 bits per heavy atom. The fraction of sp³-hybridized carbons (Fsp3) is 0.127. The summed E-state index contributed by atoms with van der Waals surface area (Å²) in [5, 5.41) is 20.3. The van der Waals surface area contributed by atoms with Crippen LogP contribution >= 0.6 is 0 Å². The van der Waals surface area contributed by atoms with Crippen LogP contribution in [0.5, 0.6) is 17.2 Å². The highest BCUT2D eigenvalue weighted by Gasteiger charge is 2.47. The molecule has 0 unspecified atom stereocenters. The number of hydrogen-bond acceptors (Lipinski definition) is 4. The van der Waals surface area contributed by atoms with Crippen molar-refractivity contribution in [1.82, 2.24) is 0 Å². The van der Waals surface area contributed by atoms with Gasteiger partial charge in [-0.3, -0.25) is 0 Å². The highest BCUT2D eigenvalue weighted by Crippen LogP contribution is 2.58. The number of ether oxygens (including phenoxy) is 2. The van der Waals surface area contributed by atoms with Crippen LogP contribution in [0.3, 0.4) is 0 Å². The van der Waals surface area contributed by atoms with Crippen molar-refractivity contribution in [2.75, 3.05) is 13.2 Å². The summed E-state index contributed by atoms with van der Waals surface area (Å²) < 4.78 is 12.5. The minimum atomic E-state index is -0.604. The van der Waals surface area contributed by atoms with E-state index in [4.69, 9.17) is 9.47 Å². The summed E-state index contributed by atoms with van der Waals surface area (Å²) in [5.74, 6) is 2.13. The van der Waals surface area contributed by atoms with Crippen molar-refractivity contribution in [3.63, 3.8) is 0 Å². The van der Waals surface area contributed by atoms with Gasteiger partial charge in [0.2, 0.25) is 0 Å². The Morgan fingerprint density at radius 3 is 1.34 bits per heavy atom. The van der Waals surface area contributed by atoms with Gasteiger partial charge in [-0.2, -0.15) is 0 Å². The number of phenolic OH excluding ortho intramolecular Hbond substituents is 1. The van der Waals surface area contributed by atoms with Gasteiger partial charge in [-0.1, -0.05) is 152 Å². The van der Waals surface area contributed by atoms with Gasteiger partial charge >= 0.3 is 0 Å². The van der Waals surface area contributed by atoms with Crippen LogP contribution in [0.25, 0.3) is 22.3 Å². The van der Waals surface area contributed by atoms with Gasteiger partial charge in [-0.15, -0.1) is 0 Å². The van der Waals surface area contributed by atoms with Crippen molar-refractivity contribution in [3.05, 3.63) is 245 Å². The second-order valence-corrected chi connectivity index (χ2v) is 15.3. The zero-order chi connectivity index (χ0) is 40.4. The summed E-state index contributed by atoms with van der Waals surface area (Å²) in [4.78, 5) is 0. The zero-order valence-electron chi connectivity index (χ0n) is 33.1. The van der Waals surface area contributed by atoms with Crippen molar-refractivity contribution >= 4 is 0 Å². The molecule has 0 saturated carbocycles. The molecule has 4 heteroatoms. The van der Waals surface area contributed by atoms with Crippen LogP contribution in [0.15, 0.2) is 206 Å². The molecule has 0 radical (unpaired) electrons. The molecule has 2 aliphatic rings. The minimum Gasteiger partial charge on any atom is -0.513 e. The second kappa shape index (κ2) is 15.7. The first-order chi connectivity index (χ1) is 29.0. The van der Waals surface area contributed by atoms with Crippen LogP contribution in [-0.2, 0) is 10.8 Å². The standard InChI is InChI=1S/C55H46O4/c1-3-39(23-22-38(2)56)54(50-18-8-4-14-46(50)47-15-5-9-19-51(47)54)41-26-32-44(33-27-41)58-36-12-13-37-59-45-34-28-42(29-35-45)55(40-24-30-43(57)31-25-40)52-20-10-6-16-48(52)49-17-7-11-21-53(49)55/h3-11,14-35,56-57H,1,12-13,36-37H2,2H3/b38-22+,39-23+. The number of aliphatic hydroxyl groups excluding tert-OH is 1. The molecule has 7 aromatic rings. The lowest BCUT2D eigenvalue weighted by Gasteiger charge is -2.34. The van der Waals surface area contributed by atoms with Gasteiger partial charge in [-0.25, -0.2) is 0 Å². The third-order valence-corrected chi connectivity index (χ3v) is 12.0. The van der Waals surface area contributed by atoms with Crippen molar-refractivity contribution in [2.45, 2.75) is 30.6 Å². The maximum atomic E-state index is 10.2. The number of allylic oxidation sites excluding steroid dienone is 5. The van der Waals surface area contributed by atoms with Gasteiger partial charge in [-0.05, 0) is 129 Å². The Labute approximate surface area is 346 Å². The lowest BCUT2D eigenvalue weighted by atomic mass is 9.67. The number of benzene rings is 7. The molecule has 7 aromatic carbocycles. The summed E-state index contributed by atoms with van der Waals surface area (Å²) in [6.45, 7) is 7.07. The molecular weight excluding hydrogens is 725 g/mol. The number of aliphatic hydroxyl groups is 1. The first kappa shape index (κ1) is 37.5. The van der Waals surface area contributed by atoms with E-state index in [0.29, 0.717) is 13.2 Å². The van der Waals surface area contributed by atoms with E-state index in [1.807, 2.05) is 24.3 Å². The Hall–Kier alpha value is -7.04. The fourth-order valence-electron chi connectivity index (χ4n) is 9.50. The van der Waals surface area contributed by atoms with Crippen LogP contribution in [-0.4, -0.2) is 23.4 Å². The first-order valence-corrected chi connectivity index (χ1v) is 20.3. The van der Waals surface area contributed by atoms with E-state index in [2.05, 4.69) is 152 Å². The van der Waals surface area contributed by atoms with E-state index in [1.165, 1.54) is 44.5 Å². The quantitative estimate of drug-likeness (QED) is 0.0696. The largest absolute Gasteiger partial charge is 0.513 e. The molecule has 0 amide bonds. The fourth-order valence-corrected chi connectivity index (χ4v) is 9.50. The molecule has 0 atom stereocenters. The number of phenols is 1. The van der Waals surface area contributed by atoms with Crippen LogP contribution < -0.4 is 9.47 Å². The van der Waals surface area contributed by atoms with E-state index in [1.54, 1.807) is 25.1 Å². The predicted octanol–water partition coefficient (Wildman–Crippen LogP) is 12.9. The van der Waals surface area contributed by atoms with E-state index in [-0.39, 0.29) is 11.5 Å². The van der Waals surface area contributed by atoms with Gasteiger partial charge in [0.15, 0.2) is 0 Å². The third kappa shape index (κ3) is 6.33. The number of aromatic hydroxyl groups is 1. The van der Waals surface area contributed by atoms with Crippen LogP contribution in [0.4, 0.5) is 0 Å². The Balaban J connectivity index is 0.882. The molecular formula is C55H46O4. The molecule has 2 N–H and O–H groups in total. The molecule has 290 valence electrons.